The van der Waals surface area contributed by atoms with Gasteiger partial charge < -0.3 is 0 Å². The molecule has 0 aliphatic heterocycles. The van der Waals surface area contributed by atoms with Crippen LogP contribution in [0.4, 0.5) is 4.39 Å². The van der Waals surface area contributed by atoms with Crippen molar-refractivity contribution in [3.05, 3.63) is 24.1 Å². The topological polar surface area (TPSA) is 59.1 Å². The van der Waals surface area contributed by atoms with Crippen LogP contribution < -0.4 is 4.72 Å². The van der Waals surface area contributed by atoms with E-state index in [-0.39, 0.29) is 12.5 Å². The van der Waals surface area contributed by atoms with E-state index >= 15 is 0 Å². The molecule has 84 valence electrons. The van der Waals surface area contributed by atoms with Crippen molar-refractivity contribution in [2.24, 2.45) is 5.92 Å². The molecule has 0 atom stereocenters. The van der Waals surface area contributed by atoms with Crippen molar-refractivity contribution in [3.63, 3.8) is 0 Å². The van der Waals surface area contributed by atoms with Gasteiger partial charge in [0.2, 0.25) is 5.03 Å². The van der Waals surface area contributed by atoms with E-state index in [0.717, 1.165) is 6.07 Å². The molecule has 15 heavy (non-hydrogen) atoms. The lowest BCUT2D eigenvalue weighted by Gasteiger charge is -2.08. The average Bonchev–Trinajstić information content (AvgIpc) is 2.15. The van der Waals surface area contributed by atoms with Crippen LogP contribution in [0.15, 0.2) is 23.4 Å². The monoisotopic (exact) mass is 232 g/mol. The molecular formula is C9H13FN2O2S. The minimum absolute atomic E-state index is 0.159. The highest BCUT2D eigenvalue weighted by Crippen LogP contribution is 2.09. The van der Waals surface area contributed by atoms with Gasteiger partial charge in [-0.3, -0.25) is 0 Å². The van der Waals surface area contributed by atoms with E-state index in [4.69, 9.17) is 0 Å². The predicted octanol–water partition coefficient (Wildman–Crippen LogP) is 1.15. The second-order valence-electron chi connectivity index (χ2n) is 3.54. The number of pyridine rings is 1. The van der Waals surface area contributed by atoms with Gasteiger partial charge in [0.1, 0.15) is 0 Å². The van der Waals surface area contributed by atoms with Gasteiger partial charge in [-0.1, -0.05) is 13.8 Å². The summed E-state index contributed by atoms with van der Waals surface area (Å²) in [5.41, 5.74) is 0. The summed E-state index contributed by atoms with van der Waals surface area (Å²) >= 11 is 0. The maximum Gasteiger partial charge on any atom is 0.261 e. The normalized spacial score (nSPS) is 12.0. The molecule has 0 amide bonds. The van der Waals surface area contributed by atoms with E-state index < -0.39 is 20.9 Å². The number of sulfonamides is 1. The van der Waals surface area contributed by atoms with Crippen molar-refractivity contribution >= 4 is 10.0 Å². The Bertz CT molecular complexity index is 431. The molecule has 0 aliphatic rings. The third-order valence-corrected chi connectivity index (χ3v) is 3.02. The van der Waals surface area contributed by atoms with Crippen LogP contribution in [-0.4, -0.2) is 19.9 Å². The predicted molar refractivity (Wildman–Crippen MR) is 54.2 cm³/mol. The van der Waals surface area contributed by atoms with Crippen molar-refractivity contribution in [2.45, 2.75) is 18.9 Å². The quantitative estimate of drug-likeness (QED) is 0.847. The zero-order valence-electron chi connectivity index (χ0n) is 8.57. The number of halogens is 1. The smallest absolute Gasteiger partial charge is 0.241 e. The zero-order valence-corrected chi connectivity index (χ0v) is 9.38. The Labute approximate surface area is 88.6 Å². The molecule has 0 spiro atoms. The van der Waals surface area contributed by atoms with Gasteiger partial charge in [0.05, 0.1) is 0 Å². The molecule has 0 saturated heterocycles. The van der Waals surface area contributed by atoms with Crippen LogP contribution in [0.1, 0.15) is 13.8 Å². The Morgan fingerprint density at radius 1 is 1.53 bits per heavy atom. The van der Waals surface area contributed by atoms with E-state index in [9.17, 15) is 12.8 Å². The summed E-state index contributed by atoms with van der Waals surface area (Å²) in [6, 6.07) is 2.41. The van der Waals surface area contributed by atoms with Gasteiger partial charge in [-0.2, -0.15) is 0 Å². The molecular weight excluding hydrogens is 219 g/mol. The molecule has 1 heterocycles. The molecule has 1 N–H and O–H groups in total. The summed E-state index contributed by atoms with van der Waals surface area (Å²) in [4.78, 5) is 3.50. The minimum Gasteiger partial charge on any atom is -0.241 e. The van der Waals surface area contributed by atoms with E-state index in [1.54, 1.807) is 0 Å². The number of hydrogen-bond acceptors (Lipinski definition) is 3. The van der Waals surface area contributed by atoms with Crippen molar-refractivity contribution in [2.75, 3.05) is 6.54 Å². The van der Waals surface area contributed by atoms with E-state index in [2.05, 4.69) is 9.71 Å². The van der Waals surface area contributed by atoms with Crippen LogP contribution in [0.25, 0.3) is 0 Å². The van der Waals surface area contributed by atoms with Gasteiger partial charge in [-0.25, -0.2) is 22.5 Å². The first-order chi connectivity index (χ1) is 6.93. The summed E-state index contributed by atoms with van der Waals surface area (Å²) < 4.78 is 38.5. The van der Waals surface area contributed by atoms with Gasteiger partial charge in [0.15, 0.2) is 5.82 Å². The molecule has 0 fully saturated rings. The largest absolute Gasteiger partial charge is 0.261 e. The van der Waals surface area contributed by atoms with Gasteiger partial charge >= 0.3 is 0 Å². The molecule has 1 aromatic rings. The molecule has 6 heteroatoms. The third-order valence-electron chi connectivity index (χ3n) is 1.66. The molecule has 1 rings (SSSR count). The van der Waals surface area contributed by atoms with Crippen molar-refractivity contribution in [3.8, 4) is 0 Å². The summed E-state index contributed by atoms with van der Waals surface area (Å²) in [6.07, 6.45) is 1.24. The number of nitrogens with one attached hydrogen (secondary N) is 1. The summed E-state index contributed by atoms with van der Waals surface area (Å²) in [5.74, 6) is -0.680. The molecule has 0 bridgehead atoms. The Morgan fingerprint density at radius 3 is 2.73 bits per heavy atom. The van der Waals surface area contributed by atoms with E-state index in [0.29, 0.717) is 0 Å². The Balaban J connectivity index is 2.92. The zero-order chi connectivity index (χ0) is 11.5. The third kappa shape index (κ3) is 3.24. The van der Waals surface area contributed by atoms with Gasteiger partial charge in [-0.15, -0.1) is 0 Å². The molecule has 0 unspecified atom stereocenters. The first-order valence-corrected chi connectivity index (χ1v) is 6.02. The van der Waals surface area contributed by atoms with Crippen LogP contribution in [0.5, 0.6) is 0 Å². The summed E-state index contributed by atoms with van der Waals surface area (Å²) in [6.45, 7) is 3.98. The van der Waals surface area contributed by atoms with Crippen LogP contribution in [-0.2, 0) is 10.0 Å². The van der Waals surface area contributed by atoms with Crippen molar-refractivity contribution < 1.29 is 12.8 Å². The molecule has 0 aromatic carbocycles. The molecule has 0 aliphatic carbocycles. The molecule has 1 aromatic heterocycles. The first kappa shape index (κ1) is 12.1. The fourth-order valence-electron chi connectivity index (χ4n) is 0.914. The molecule has 4 nitrogen and oxygen atoms in total. The maximum atomic E-state index is 13.1. The number of rotatable bonds is 4. The second kappa shape index (κ2) is 4.67. The fourth-order valence-corrected chi connectivity index (χ4v) is 2.13. The van der Waals surface area contributed by atoms with E-state index in [1.165, 1.54) is 12.3 Å². The molecule has 0 saturated carbocycles. The van der Waals surface area contributed by atoms with Gasteiger partial charge in [-0.05, 0) is 18.1 Å². The van der Waals surface area contributed by atoms with Crippen LogP contribution in [0, 0.1) is 11.7 Å². The Kier molecular flexibility index (Phi) is 3.76. The van der Waals surface area contributed by atoms with Crippen molar-refractivity contribution in [1.82, 2.24) is 9.71 Å². The lowest BCUT2D eigenvalue weighted by Crippen LogP contribution is -2.28. The second-order valence-corrected chi connectivity index (χ2v) is 5.22. The maximum absolute atomic E-state index is 13.1. The first-order valence-electron chi connectivity index (χ1n) is 4.53. The Morgan fingerprint density at radius 2 is 2.20 bits per heavy atom. The van der Waals surface area contributed by atoms with Crippen molar-refractivity contribution in [1.29, 1.82) is 0 Å². The van der Waals surface area contributed by atoms with E-state index in [1.807, 2.05) is 13.8 Å². The SMILES string of the molecule is CC(C)CNS(=O)(=O)c1ncccc1F. The highest BCUT2D eigenvalue weighted by molar-refractivity contribution is 7.89. The highest BCUT2D eigenvalue weighted by Gasteiger charge is 2.19. The van der Waals surface area contributed by atoms with Gasteiger partial charge in [0.25, 0.3) is 10.0 Å². The van der Waals surface area contributed by atoms with Crippen LogP contribution >= 0.6 is 0 Å². The minimum atomic E-state index is -3.82. The van der Waals surface area contributed by atoms with Crippen LogP contribution in [0.3, 0.4) is 0 Å². The number of aromatic nitrogens is 1. The Hall–Kier alpha value is -1.01. The summed E-state index contributed by atoms with van der Waals surface area (Å²) in [7, 11) is -3.82. The standard InChI is InChI=1S/C9H13FN2O2S/c1-7(2)6-12-15(13,14)9-8(10)4-3-5-11-9/h3-5,7,12H,6H2,1-2H3. The molecule has 0 radical (unpaired) electrons. The highest BCUT2D eigenvalue weighted by atomic mass is 32.2. The average molecular weight is 232 g/mol. The summed E-state index contributed by atoms with van der Waals surface area (Å²) in [5, 5.41) is -0.550. The number of nitrogens with zero attached hydrogens (tertiary/aromatic N) is 1. The van der Waals surface area contributed by atoms with Gasteiger partial charge in [0, 0.05) is 12.7 Å². The lowest BCUT2D eigenvalue weighted by molar-refractivity contribution is 0.533. The number of hydrogen-bond donors (Lipinski definition) is 1. The van der Waals surface area contributed by atoms with Crippen LogP contribution in [0.2, 0.25) is 0 Å². The lowest BCUT2D eigenvalue weighted by atomic mass is 10.2. The fraction of sp³-hybridized carbons (Fsp3) is 0.444.